The molecule has 46 heavy (non-hydrogen) atoms. The van der Waals surface area contributed by atoms with Crippen LogP contribution in [0, 0.1) is 0 Å². The van der Waals surface area contributed by atoms with E-state index in [-0.39, 0.29) is 29.7 Å². The molecule has 242 valence electrons. The van der Waals surface area contributed by atoms with Crippen LogP contribution >= 0.6 is 0 Å². The number of nitrogens with one attached hydrogen (secondary N) is 2. The van der Waals surface area contributed by atoms with Crippen molar-refractivity contribution < 1.29 is 27.5 Å². The molecule has 0 saturated heterocycles. The number of hydrogen-bond donors (Lipinski definition) is 2. The maximum Gasteiger partial charge on any atom is 0.243 e. The van der Waals surface area contributed by atoms with Gasteiger partial charge in [0.1, 0.15) is 17.5 Å². The maximum absolute atomic E-state index is 14.0. The Morgan fingerprint density at radius 2 is 1.30 bits per heavy atom. The van der Waals surface area contributed by atoms with Crippen LogP contribution in [0.5, 0.6) is 11.5 Å². The van der Waals surface area contributed by atoms with Crippen LogP contribution < -0.4 is 19.5 Å². The lowest BCUT2D eigenvalue weighted by Gasteiger charge is -2.32. The first-order chi connectivity index (χ1) is 22.2. The Balaban J connectivity index is 1.59. The topological polar surface area (TPSA) is 114 Å². The third-order valence-electron chi connectivity index (χ3n) is 7.60. The predicted octanol–water partition coefficient (Wildman–Crippen LogP) is 4.89. The van der Waals surface area contributed by atoms with Crippen molar-refractivity contribution in [2.24, 2.45) is 0 Å². The first-order valence-corrected chi connectivity index (χ1v) is 16.7. The summed E-state index contributed by atoms with van der Waals surface area (Å²) < 4.78 is 37.7. The summed E-state index contributed by atoms with van der Waals surface area (Å²) in [5, 5.41) is 3.04. The van der Waals surface area contributed by atoms with Gasteiger partial charge in [-0.1, -0.05) is 73.7 Å². The van der Waals surface area contributed by atoms with Crippen molar-refractivity contribution in [3.8, 4) is 11.5 Å². The Bertz CT molecular complexity index is 1660. The largest absolute Gasteiger partial charge is 0.497 e. The molecule has 0 saturated carbocycles. The van der Waals surface area contributed by atoms with E-state index in [0.29, 0.717) is 31.7 Å². The molecule has 0 aliphatic carbocycles. The van der Waals surface area contributed by atoms with Crippen molar-refractivity contribution in [3.63, 3.8) is 0 Å². The maximum atomic E-state index is 14.0. The summed E-state index contributed by atoms with van der Waals surface area (Å²) in [7, 11) is -0.382. The molecule has 1 atom stereocenters. The molecule has 0 heterocycles. The van der Waals surface area contributed by atoms with Crippen LogP contribution in [-0.2, 0) is 45.5 Å². The molecule has 0 unspecified atom stereocenters. The van der Waals surface area contributed by atoms with Crippen molar-refractivity contribution in [1.29, 1.82) is 0 Å². The van der Waals surface area contributed by atoms with Gasteiger partial charge in [0.25, 0.3) is 0 Å². The smallest absolute Gasteiger partial charge is 0.243 e. The lowest BCUT2D eigenvalue weighted by Crippen LogP contribution is -2.50. The molecule has 0 aromatic heterocycles. The lowest BCUT2D eigenvalue weighted by molar-refractivity contribution is -0.141. The number of sulfonamides is 1. The zero-order chi connectivity index (χ0) is 32.9. The van der Waals surface area contributed by atoms with Crippen LogP contribution in [0.25, 0.3) is 0 Å². The van der Waals surface area contributed by atoms with Gasteiger partial charge in [-0.15, -0.1) is 0 Å². The zero-order valence-electron chi connectivity index (χ0n) is 26.4. The molecule has 9 nitrogen and oxygen atoms in total. The number of aryl methyl sites for hydroxylation is 1. The van der Waals surface area contributed by atoms with E-state index < -0.39 is 16.1 Å². The van der Waals surface area contributed by atoms with Crippen molar-refractivity contribution in [2.45, 2.75) is 50.2 Å². The fourth-order valence-corrected chi connectivity index (χ4v) is 6.08. The summed E-state index contributed by atoms with van der Waals surface area (Å²) in [4.78, 5) is 29.8. The molecular formula is C36H41N3O6S. The third kappa shape index (κ3) is 9.66. The number of carbonyl (C=O) groups is 2. The molecule has 4 aromatic rings. The van der Waals surface area contributed by atoms with Crippen molar-refractivity contribution >= 4 is 21.8 Å². The number of methoxy groups -OCH3 is 2. The molecule has 4 rings (SSSR count). The number of carbonyl (C=O) groups excluding carboxylic acids is 2. The van der Waals surface area contributed by atoms with Gasteiger partial charge in [0.15, 0.2) is 0 Å². The quantitative estimate of drug-likeness (QED) is 0.180. The van der Waals surface area contributed by atoms with Gasteiger partial charge in [0.2, 0.25) is 21.8 Å². The van der Waals surface area contributed by atoms with Crippen LogP contribution in [0.2, 0.25) is 0 Å². The first kappa shape index (κ1) is 34.2. The summed E-state index contributed by atoms with van der Waals surface area (Å²) in [6.07, 6.45) is 0.839. The number of ether oxygens (including phenoxy) is 2. The molecule has 0 bridgehead atoms. The van der Waals surface area contributed by atoms with E-state index in [0.717, 1.165) is 28.0 Å². The minimum absolute atomic E-state index is 0.131. The van der Waals surface area contributed by atoms with Gasteiger partial charge in [-0.05, 0) is 65.1 Å². The molecule has 0 fully saturated rings. The van der Waals surface area contributed by atoms with Crippen LogP contribution in [0.4, 0.5) is 0 Å². The van der Waals surface area contributed by atoms with Crippen molar-refractivity contribution in [2.75, 3.05) is 20.8 Å². The molecule has 0 aliphatic heterocycles. The summed E-state index contributed by atoms with van der Waals surface area (Å²) in [6, 6.07) is 30.2. The standard InChI is InChI=1S/C36H41N3O6S/c1-4-38-46(42,43)33-21-14-27(15-22-33)16-23-35(40)39(26-30-12-19-32(45-3)20-13-30)34(24-28-8-6-5-7-9-28)36(41)37-25-29-10-17-31(44-2)18-11-29/h5-15,17-22,34,38H,4,16,23-26H2,1-3H3,(H,37,41)/t34-/m1/s1. The van der Waals surface area contributed by atoms with E-state index in [1.165, 1.54) is 12.1 Å². The van der Waals surface area contributed by atoms with Gasteiger partial charge in [0, 0.05) is 32.5 Å². The molecule has 2 amide bonds. The van der Waals surface area contributed by atoms with E-state index in [2.05, 4.69) is 10.0 Å². The molecular weight excluding hydrogens is 602 g/mol. The fourth-order valence-electron chi connectivity index (χ4n) is 5.04. The van der Waals surface area contributed by atoms with Gasteiger partial charge >= 0.3 is 0 Å². The molecule has 2 N–H and O–H groups in total. The molecule has 0 aliphatic rings. The second-order valence-corrected chi connectivity index (χ2v) is 12.6. The van der Waals surface area contributed by atoms with Crippen LogP contribution in [-0.4, -0.2) is 51.9 Å². The fraction of sp³-hybridized carbons (Fsp3) is 0.278. The highest BCUT2D eigenvalue weighted by Gasteiger charge is 2.30. The Kier molecular flexibility index (Phi) is 12.3. The van der Waals surface area contributed by atoms with E-state index >= 15 is 0 Å². The Morgan fingerprint density at radius 3 is 1.87 bits per heavy atom. The average molecular weight is 644 g/mol. The lowest BCUT2D eigenvalue weighted by atomic mass is 10.0. The second kappa shape index (κ2) is 16.6. The summed E-state index contributed by atoms with van der Waals surface area (Å²) >= 11 is 0. The van der Waals surface area contributed by atoms with Crippen LogP contribution in [0.3, 0.4) is 0 Å². The summed E-state index contributed by atoms with van der Waals surface area (Å²) in [6.45, 7) is 2.52. The minimum Gasteiger partial charge on any atom is -0.497 e. The molecule has 0 spiro atoms. The third-order valence-corrected chi connectivity index (χ3v) is 9.17. The SMILES string of the molecule is CCNS(=O)(=O)c1ccc(CCC(=O)N(Cc2ccc(OC)cc2)[C@H](Cc2ccccc2)C(=O)NCc2ccc(OC)cc2)cc1. The Labute approximate surface area is 271 Å². The van der Waals surface area contributed by atoms with E-state index in [1.54, 1.807) is 38.2 Å². The number of nitrogens with zero attached hydrogens (tertiary/aromatic N) is 1. The van der Waals surface area contributed by atoms with E-state index in [9.17, 15) is 18.0 Å². The monoisotopic (exact) mass is 643 g/mol. The molecule has 10 heteroatoms. The second-order valence-electron chi connectivity index (χ2n) is 10.8. The van der Waals surface area contributed by atoms with Crippen LogP contribution in [0.15, 0.2) is 108 Å². The molecule has 4 aromatic carbocycles. The predicted molar refractivity (Wildman–Crippen MR) is 178 cm³/mol. The summed E-state index contributed by atoms with van der Waals surface area (Å²) in [5.41, 5.74) is 3.50. The van der Waals surface area contributed by atoms with Gasteiger partial charge in [-0.2, -0.15) is 0 Å². The minimum atomic E-state index is -3.58. The van der Waals surface area contributed by atoms with E-state index in [4.69, 9.17) is 9.47 Å². The Hall–Kier alpha value is -4.67. The Morgan fingerprint density at radius 1 is 0.739 bits per heavy atom. The van der Waals surface area contributed by atoms with Crippen molar-refractivity contribution in [1.82, 2.24) is 14.9 Å². The van der Waals surface area contributed by atoms with Crippen molar-refractivity contribution in [3.05, 3.63) is 125 Å². The van der Waals surface area contributed by atoms with Gasteiger partial charge in [-0.25, -0.2) is 13.1 Å². The number of amides is 2. The normalized spacial score (nSPS) is 11.8. The first-order valence-electron chi connectivity index (χ1n) is 15.2. The van der Waals surface area contributed by atoms with Gasteiger partial charge in [-0.3, -0.25) is 9.59 Å². The van der Waals surface area contributed by atoms with E-state index in [1.807, 2.05) is 78.9 Å². The van der Waals surface area contributed by atoms with Crippen LogP contribution in [0.1, 0.15) is 35.6 Å². The highest BCUT2D eigenvalue weighted by molar-refractivity contribution is 7.89. The van der Waals surface area contributed by atoms with Gasteiger partial charge < -0.3 is 19.7 Å². The zero-order valence-corrected chi connectivity index (χ0v) is 27.3. The highest BCUT2D eigenvalue weighted by atomic mass is 32.2. The summed E-state index contributed by atoms with van der Waals surface area (Å²) in [5.74, 6) is 0.960. The molecule has 0 radical (unpaired) electrons. The van der Waals surface area contributed by atoms with Gasteiger partial charge in [0.05, 0.1) is 19.1 Å². The number of hydrogen-bond acceptors (Lipinski definition) is 6. The number of rotatable bonds is 16. The average Bonchev–Trinajstić information content (AvgIpc) is 3.08. The number of benzene rings is 4. The highest BCUT2D eigenvalue weighted by Crippen LogP contribution is 2.20.